The monoisotopic (exact) mass is 518 g/mol. The Balaban J connectivity index is 1.47. The third-order valence-electron chi connectivity index (χ3n) is 7.04. The molecular formula is C30H22N4O5. The Bertz CT molecular complexity index is 1920. The minimum atomic E-state index is -0.373. The molecule has 0 saturated carbocycles. The average molecular weight is 519 g/mol. The molecule has 2 N–H and O–H groups in total. The summed E-state index contributed by atoms with van der Waals surface area (Å²) in [5, 5.41) is 27.5. The summed E-state index contributed by atoms with van der Waals surface area (Å²) >= 11 is 0. The molecule has 0 aliphatic carbocycles. The van der Waals surface area contributed by atoms with Gasteiger partial charge in [0.1, 0.15) is 23.6 Å². The second-order valence-corrected chi connectivity index (χ2v) is 9.26. The van der Waals surface area contributed by atoms with Gasteiger partial charge in [0.25, 0.3) is 0 Å². The maximum atomic E-state index is 10.8. The van der Waals surface area contributed by atoms with Gasteiger partial charge in [-0.3, -0.25) is 0 Å². The molecule has 1 aliphatic rings. The fourth-order valence-electron chi connectivity index (χ4n) is 5.20. The highest BCUT2D eigenvalue weighted by molar-refractivity contribution is 5.89. The molecule has 4 aromatic carbocycles. The zero-order chi connectivity index (χ0) is 26.7. The molecule has 9 nitrogen and oxygen atoms in total. The highest BCUT2D eigenvalue weighted by Gasteiger charge is 2.34. The normalized spacial score (nSPS) is 14.1. The van der Waals surface area contributed by atoms with Gasteiger partial charge in [0.15, 0.2) is 23.0 Å². The number of aromatic hydroxyl groups is 2. The van der Waals surface area contributed by atoms with Gasteiger partial charge in [0.2, 0.25) is 5.88 Å². The van der Waals surface area contributed by atoms with Crippen molar-refractivity contribution in [2.24, 2.45) is 0 Å². The van der Waals surface area contributed by atoms with Gasteiger partial charge in [-0.25, -0.2) is 14.5 Å². The fraction of sp³-hybridized carbons (Fsp3) is 0.100. The van der Waals surface area contributed by atoms with Crippen molar-refractivity contribution in [3.05, 3.63) is 95.8 Å². The number of aromatic nitrogens is 4. The van der Waals surface area contributed by atoms with Gasteiger partial charge in [-0.15, -0.1) is 5.10 Å². The van der Waals surface area contributed by atoms with Crippen molar-refractivity contribution in [2.75, 3.05) is 14.2 Å². The first-order valence-electron chi connectivity index (χ1n) is 12.2. The van der Waals surface area contributed by atoms with Gasteiger partial charge in [-0.1, -0.05) is 36.4 Å². The Labute approximate surface area is 222 Å². The summed E-state index contributed by atoms with van der Waals surface area (Å²) in [6, 6.07) is 22.1. The van der Waals surface area contributed by atoms with Gasteiger partial charge in [-0.2, -0.15) is 0 Å². The molecule has 3 heterocycles. The molecule has 0 bridgehead atoms. The average Bonchev–Trinajstić information content (AvgIpc) is 3.39. The molecular weight excluding hydrogens is 496 g/mol. The quantitative estimate of drug-likeness (QED) is 0.307. The van der Waals surface area contributed by atoms with Gasteiger partial charge in [0, 0.05) is 17.5 Å². The molecule has 0 fully saturated rings. The first kappa shape index (κ1) is 22.9. The molecule has 0 spiro atoms. The van der Waals surface area contributed by atoms with Crippen LogP contribution in [0.25, 0.3) is 27.8 Å². The van der Waals surface area contributed by atoms with E-state index in [1.54, 1.807) is 36.9 Å². The van der Waals surface area contributed by atoms with Crippen LogP contribution in [0.2, 0.25) is 0 Å². The number of hydrogen-bond donors (Lipinski definition) is 2. The van der Waals surface area contributed by atoms with Crippen molar-refractivity contribution in [1.29, 1.82) is 0 Å². The summed E-state index contributed by atoms with van der Waals surface area (Å²) in [6.45, 7) is 0. The van der Waals surface area contributed by atoms with E-state index in [-0.39, 0.29) is 17.4 Å². The predicted octanol–water partition coefficient (Wildman–Crippen LogP) is 5.66. The lowest BCUT2D eigenvalue weighted by Gasteiger charge is -2.28. The van der Waals surface area contributed by atoms with Gasteiger partial charge in [-0.05, 0) is 46.7 Å². The number of nitrogens with zero attached hydrogens (tertiary/aromatic N) is 4. The molecule has 9 heteroatoms. The number of hydrogen-bond acceptors (Lipinski definition) is 8. The summed E-state index contributed by atoms with van der Waals surface area (Å²) in [4.78, 5) is 9.42. The SMILES string of the molecule is COc1ccc([C@@H]2c3ccc(O)cc3Oc3ncn4nc(-c5cc6ccccc6cc5O)nc4c32)cc1OC. The minimum Gasteiger partial charge on any atom is -0.508 e. The van der Waals surface area contributed by atoms with Crippen LogP contribution in [-0.4, -0.2) is 44.0 Å². The van der Waals surface area contributed by atoms with Crippen molar-refractivity contribution >= 4 is 16.4 Å². The van der Waals surface area contributed by atoms with E-state index < -0.39 is 0 Å². The van der Waals surface area contributed by atoms with E-state index >= 15 is 0 Å². The fourth-order valence-corrected chi connectivity index (χ4v) is 5.20. The molecule has 6 aromatic rings. The number of benzene rings is 4. The van der Waals surface area contributed by atoms with Gasteiger partial charge in [0.05, 0.1) is 25.3 Å². The van der Waals surface area contributed by atoms with Gasteiger partial charge >= 0.3 is 0 Å². The maximum Gasteiger partial charge on any atom is 0.228 e. The summed E-state index contributed by atoms with van der Waals surface area (Å²) in [7, 11) is 3.18. The number of phenolic OH excluding ortho intramolecular Hbond substituents is 2. The predicted molar refractivity (Wildman–Crippen MR) is 144 cm³/mol. The second kappa shape index (κ2) is 8.63. The van der Waals surface area contributed by atoms with E-state index in [4.69, 9.17) is 19.2 Å². The van der Waals surface area contributed by atoms with Crippen molar-refractivity contribution < 1.29 is 24.4 Å². The maximum absolute atomic E-state index is 10.8. The second-order valence-electron chi connectivity index (χ2n) is 9.26. The minimum absolute atomic E-state index is 0.0833. The lowest BCUT2D eigenvalue weighted by molar-refractivity contribution is 0.354. The van der Waals surface area contributed by atoms with Crippen molar-refractivity contribution in [2.45, 2.75) is 5.92 Å². The molecule has 1 atom stereocenters. The number of rotatable bonds is 4. The van der Waals surface area contributed by atoms with Gasteiger partial charge < -0.3 is 24.4 Å². The van der Waals surface area contributed by atoms with Crippen molar-refractivity contribution in [1.82, 2.24) is 19.6 Å². The third kappa shape index (κ3) is 3.58. The molecule has 192 valence electrons. The van der Waals surface area contributed by atoms with Crippen LogP contribution in [0.3, 0.4) is 0 Å². The molecule has 7 rings (SSSR count). The Hall–Kier alpha value is -5.31. The van der Waals surface area contributed by atoms with Crippen molar-refractivity contribution in [3.63, 3.8) is 0 Å². The van der Waals surface area contributed by atoms with Crippen LogP contribution in [0.1, 0.15) is 22.6 Å². The van der Waals surface area contributed by atoms with Crippen LogP contribution in [0.15, 0.2) is 79.1 Å². The van der Waals surface area contributed by atoms with Crippen LogP contribution in [0.4, 0.5) is 0 Å². The summed E-state index contributed by atoms with van der Waals surface area (Å²) in [5.74, 6) is 2.17. The molecule has 0 radical (unpaired) electrons. The Morgan fingerprint density at radius 2 is 1.67 bits per heavy atom. The third-order valence-corrected chi connectivity index (χ3v) is 7.04. The van der Waals surface area contributed by atoms with E-state index in [0.717, 1.165) is 21.9 Å². The smallest absolute Gasteiger partial charge is 0.228 e. The molecule has 0 amide bonds. The van der Waals surface area contributed by atoms with Crippen LogP contribution < -0.4 is 14.2 Å². The number of fused-ring (bicyclic) bond motifs is 5. The number of ether oxygens (including phenoxy) is 3. The van der Waals surface area contributed by atoms with E-state index in [0.29, 0.717) is 45.7 Å². The highest BCUT2D eigenvalue weighted by atomic mass is 16.5. The summed E-state index contributed by atoms with van der Waals surface area (Å²) < 4.78 is 18.8. The Morgan fingerprint density at radius 3 is 2.46 bits per heavy atom. The van der Waals surface area contributed by atoms with Crippen molar-refractivity contribution in [3.8, 4) is 46.0 Å². The summed E-state index contributed by atoms with van der Waals surface area (Å²) in [6.07, 6.45) is 1.53. The molecule has 0 unspecified atom stereocenters. The Morgan fingerprint density at radius 1 is 0.872 bits per heavy atom. The number of methoxy groups -OCH3 is 2. The first-order chi connectivity index (χ1) is 19.0. The van der Waals surface area contributed by atoms with E-state index in [1.165, 1.54) is 6.33 Å². The lowest BCUT2D eigenvalue weighted by Crippen LogP contribution is -2.15. The van der Waals surface area contributed by atoms with Crippen LogP contribution in [0, 0.1) is 0 Å². The zero-order valence-electron chi connectivity index (χ0n) is 21.0. The van der Waals surface area contributed by atoms with E-state index in [9.17, 15) is 10.2 Å². The van der Waals surface area contributed by atoms with E-state index in [1.807, 2.05) is 54.6 Å². The largest absolute Gasteiger partial charge is 0.508 e. The lowest BCUT2D eigenvalue weighted by atomic mass is 9.83. The first-order valence-corrected chi connectivity index (χ1v) is 12.2. The molecule has 0 saturated heterocycles. The highest BCUT2D eigenvalue weighted by Crippen LogP contribution is 2.50. The molecule has 2 aromatic heterocycles. The number of phenols is 2. The van der Waals surface area contributed by atoms with Crippen LogP contribution in [-0.2, 0) is 0 Å². The molecule has 1 aliphatic heterocycles. The Kier molecular flexibility index (Phi) is 5.06. The van der Waals surface area contributed by atoms with Crippen LogP contribution >= 0.6 is 0 Å². The standard InChI is InChI=1S/C30H22N4O5/c1-37-23-10-7-18(13-25(23)38-2)26-20-9-8-19(35)14-24(20)39-30-27(26)29-32-28(33-34(29)15-31-30)21-11-16-5-3-4-6-17(16)12-22(21)36/h3-15,26,35-36H,1-2H3/t26-/m1/s1. The van der Waals surface area contributed by atoms with E-state index in [2.05, 4.69) is 10.1 Å². The zero-order valence-corrected chi connectivity index (χ0v) is 21.0. The van der Waals surface area contributed by atoms with Crippen LogP contribution in [0.5, 0.6) is 34.6 Å². The topological polar surface area (TPSA) is 111 Å². The molecule has 39 heavy (non-hydrogen) atoms. The summed E-state index contributed by atoms with van der Waals surface area (Å²) in [5.41, 5.74) is 3.44.